The summed E-state index contributed by atoms with van der Waals surface area (Å²) >= 11 is 0. The molecule has 3 N–H and O–H groups in total. The van der Waals surface area contributed by atoms with Crippen molar-refractivity contribution < 1.29 is 17.6 Å². The normalized spacial score (nSPS) is 13.9. The largest absolute Gasteiger partial charge is 0.348 e. The van der Waals surface area contributed by atoms with E-state index in [0.29, 0.717) is 12.0 Å². The van der Waals surface area contributed by atoms with Gasteiger partial charge >= 0.3 is 0 Å². The van der Waals surface area contributed by atoms with Crippen molar-refractivity contribution in [3.8, 4) is 0 Å². The molecule has 0 saturated carbocycles. The monoisotopic (exact) mass is 352 g/mol. The van der Waals surface area contributed by atoms with Gasteiger partial charge in [-0.3, -0.25) is 4.79 Å². The smallest absolute Gasteiger partial charge is 0.237 e. The molecule has 8 heteroatoms. The minimum atomic E-state index is -3.60. The topological polar surface area (TPSA) is 89.3 Å². The molecule has 0 bridgehead atoms. The fourth-order valence-electron chi connectivity index (χ4n) is 1.93. The summed E-state index contributed by atoms with van der Waals surface area (Å²) in [7, 11) is -3.60. The molecule has 0 radical (unpaired) electrons. The van der Waals surface area contributed by atoms with Gasteiger partial charge in [0.15, 0.2) is 9.84 Å². The zero-order valence-electron chi connectivity index (χ0n) is 12.8. The summed E-state index contributed by atoms with van der Waals surface area (Å²) in [5.41, 5.74) is 6.18. The first-order chi connectivity index (χ1) is 9.66. The molecule has 0 aliphatic heterocycles. The van der Waals surface area contributed by atoms with Crippen molar-refractivity contribution in [2.24, 2.45) is 5.73 Å². The van der Waals surface area contributed by atoms with E-state index < -0.39 is 27.7 Å². The van der Waals surface area contributed by atoms with Gasteiger partial charge < -0.3 is 11.1 Å². The molecule has 0 heterocycles. The maximum Gasteiger partial charge on any atom is 0.237 e. The summed E-state index contributed by atoms with van der Waals surface area (Å²) in [6.45, 7) is 3.61. The summed E-state index contributed by atoms with van der Waals surface area (Å²) in [6, 6.07) is 2.75. The number of halogens is 2. The Hall–Kier alpha value is -1.18. The van der Waals surface area contributed by atoms with Gasteiger partial charge in [-0.25, -0.2) is 12.8 Å². The Morgan fingerprint density at radius 3 is 2.45 bits per heavy atom. The van der Waals surface area contributed by atoms with Crippen LogP contribution in [-0.4, -0.2) is 26.6 Å². The van der Waals surface area contributed by atoms with Crippen LogP contribution in [0.3, 0.4) is 0 Å². The second-order valence-electron chi connectivity index (χ2n) is 5.09. The molecule has 0 fully saturated rings. The van der Waals surface area contributed by atoms with Crippen LogP contribution >= 0.6 is 12.4 Å². The zero-order chi connectivity index (χ0) is 16.2. The summed E-state index contributed by atoms with van der Waals surface area (Å²) in [4.78, 5) is 11.4. The van der Waals surface area contributed by atoms with E-state index in [2.05, 4.69) is 5.32 Å². The molecule has 126 valence electrons. The molecule has 22 heavy (non-hydrogen) atoms. The second-order valence-corrected chi connectivity index (χ2v) is 7.07. The number of sulfone groups is 1. The van der Waals surface area contributed by atoms with Crippen molar-refractivity contribution in [1.29, 1.82) is 0 Å². The lowest BCUT2D eigenvalue weighted by atomic mass is 10.1. The third kappa shape index (κ3) is 5.55. The van der Waals surface area contributed by atoms with Crippen LogP contribution in [0.15, 0.2) is 23.1 Å². The number of carbonyl (C=O) groups excluding carboxylic acids is 1. The van der Waals surface area contributed by atoms with Crippen molar-refractivity contribution >= 4 is 28.2 Å². The number of amides is 1. The number of nitrogens with two attached hydrogens (primary N) is 1. The van der Waals surface area contributed by atoms with Gasteiger partial charge in [0, 0.05) is 6.26 Å². The number of benzene rings is 1. The van der Waals surface area contributed by atoms with Crippen LogP contribution in [0.25, 0.3) is 0 Å². The summed E-state index contributed by atoms with van der Waals surface area (Å²) in [5, 5.41) is 2.69. The number of carbonyl (C=O) groups is 1. The Balaban J connectivity index is 0.00000441. The van der Waals surface area contributed by atoms with Gasteiger partial charge in [0.1, 0.15) is 10.7 Å². The van der Waals surface area contributed by atoms with Gasteiger partial charge in [0.25, 0.3) is 0 Å². The van der Waals surface area contributed by atoms with Crippen LogP contribution in [0.4, 0.5) is 4.39 Å². The quantitative estimate of drug-likeness (QED) is 0.819. The predicted octanol–water partition coefficient (Wildman–Crippen LogP) is 1.96. The van der Waals surface area contributed by atoms with Crippen molar-refractivity contribution in [2.75, 3.05) is 6.26 Å². The minimum absolute atomic E-state index is 0. The van der Waals surface area contributed by atoms with Crippen LogP contribution in [0, 0.1) is 5.82 Å². The number of rotatable bonds is 6. The molecule has 1 amide bonds. The van der Waals surface area contributed by atoms with Crippen LogP contribution in [0.1, 0.15) is 38.3 Å². The molecular formula is C14H22ClFN2O3S. The zero-order valence-corrected chi connectivity index (χ0v) is 14.4. The first-order valence-corrected chi connectivity index (χ1v) is 8.61. The molecule has 2 atom stereocenters. The Kier molecular flexibility index (Phi) is 8.00. The first-order valence-electron chi connectivity index (χ1n) is 6.72. The van der Waals surface area contributed by atoms with E-state index in [1.54, 1.807) is 6.92 Å². The molecule has 0 aliphatic rings. The van der Waals surface area contributed by atoms with E-state index in [4.69, 9.17) is 5.73 Å². The molecule has 1 aromatic carbocycles. The number of hydrogen-bond acceptors (Lipinski definition) is 4. The molecule has 0 saturated heterocycles. The van der Waals surface area contributed by atoms with Gasteiger partial charge in [-0.05, 0) is 31.0 Å². The molecule has 0 spiro atoms. The fourth-order valence-corrected chi connectivity index (χ4v) is 2.66. The molecule has 1 rings (SSSR count). The molecule has 0 aliphatic carbocycles. The van der Waals surface area contributed by atoms with Gasteiger partial charge in [-0.1, -0.05) is 19.4 Å². The van der Waals surface area contributed by atoms with Gasteiger partial charge in [0.2, 0.25) is 5.91 Å². The van der Waals surface area contributed by atoms with Crippen molar-refractivity contribution in [3.63, 3.8) is 0 Å². The third-order valence-corrected chi connectivity index (χ3v) is 4.28. The summed E-state index contributed by atoms with van der Waals surface area (Å²) in [6.07, 6.45) is 2.31. The standard InChI is InChI=1S/C14H21FN2O3S.ClH/c1-4-5-12(16)14(18)17-9(2)10-6-7-13(11(15)8-10)21(3,19)20;/h6-9,12H,4-5,16H2,1-3H3,(H,17,18);1H. The lowest BCUT2D eigenvalue weighted by Crippen LogP contribution is -2.41. The Labute approximate surface area is 136 Å². The highest BCUT2D eigenvalue weighted by atomic mass is 35.5. The Morgan fingerprint density at radius 1 is 1.41 bits per heavy atom. The molecule has 0 aromatic heterocycles. The van der Waals surface area contributed by atoms with Crippen LogP contribution < -0.4 is 11.1 Å². The predicted molar refractivity (Wildman–Crippen MR) is 86.2 cm³/mol. The van der Waals surface area contributed by atoms with Crippen LogP contribution in [0.2, 0.25) is 0 Å². The number of hydrogen-bond donors (Lipinski definition) is 2. The average molecular weight is 353 g/mol. The molecule has 5 nitrogen and oxygen atoms in total. The summed E-state index contributed by atoms with van der Waals surface area (Å²) < 4.78 is 36.5. The maximum atomic E-state index is 13.8. The lowest BCUT2D eigenvalue weighted by molar-refractivity contribution is -0.123. The molecular weight excluding hydrogens is 331 g/mol. The SMILES string of the molecule is CCCC(N)C(=O)NC(C)c1ccc(S(C)(=O)=O)c(F)c1.Cl. The second kappa shape index (κ2) is 8.45. The lowest BCUT2D eigenvalue weighted by Gasteiger charge is -2.18. The van der Waals surface area contributed by atoms with Crippen molar-refractivity contribution in [1.82, 2.24) is 5.32 Å². The highest BCUT2D eigenvalue weighted by Crippen LogP contribution is 2.20. The molecule has 1 aromatic rings. The van der Waals surface area contributed by atoms with E-state index in [9.17, 15) is 17.6 Å². The third-order valence-electron chi connectivity index (χ3n) is 3.15. The Bertz CT molecular complexity index is 623. The number of nitrogens with one attached hydrogen (secondary N) is 1. The summed E-state index contributed by atoms with van der Waals surface area (Å²) in [5.74, 6) is -1.13. The first kappa shape index (κ1) is 20.8. The van der Waals surface area contributed by atoms with Gasteiger partial charge in [-0.15, -0.1) is 12.4 Å². The van der Waals surface area contributed by atoms with E-state index in [0.717, 1.165) is 18.7 Å². The highest BCUT2D eigenvalue weighted by molar-refractivity contribution is 7.90. The van der Waals surface area contributed by atoms with E-state index >= 15 is 0 Å². The van der Waals surface area contributed by atoms with Crippen LogP contribution in [-0.2, 0) is 14.6 Å². The maximum absolute atomic E-state index is 13.8. The molecule has 2 unspecified atom stereocenters. The van der Waals surface area contributed by atoms with Crippen molar-refractivity contribution in [3.05, 3.63) is 29.6 Å². The van der Waals surface area contributed by atoms with E-state index in [1.165, 1.54) is 12.1 Å². The average Bonchev–Trinajstić information content (AvgIpc) is 2.37. The highest BCUT2D eigenvalue weighted by Gasteiger charge is 2.18. The van der Waals surface area contributed by atoms with Gasteiger partial charge in [0.05, 0.1) is 12.1 Å². The Morgan fingerprint density at radius 2 is 2.00 bits per heavy atom. The van der Waals surface area contributed by atoms with E-state index in [-0.39, 0.29) is 23.2 Å². The fraction of sp³-hybridized carbons (Fsp3) is 0.500. The minimum Gasteiger partial charge on any atom is -0.348 e. The van der Waals surface area contributed by atoms with Crippen molar-refractivity contribution in [2.45, 2.75) is 43.7 Å². The van der Waals surface area contributed by atoms with Gasteiger partial charge in [-0.2, -0.15) is 0 Å². The van der Waals surface area contributed by atoms with E-state index in [1.807, 2.05) is 6.92 Å². The van der Waals surface area contributed by atoms with Crippen LogP contribution in [0.5, 0.6) is 0 Å².